The molecule has 8 heavy (non-hydrogen) atoms. The van der Waals surface area contributed by atoms with Crippen LogP contribution in [0, 0.1) is 0 Å². The van der Waals surface area contributed by atoms with Crippen LogP contribution in [0.25, 0.3) is 0 Å². The third-order valence-electron chi connectivity index (χ3n) is 2.29. The van der Waals surface area contributed by atoms with E-state index in [9.17, 15) is 0 Å². The molecule has 0 aliphatic carbocycles. The Morgan fingerprint density at radius 3 is 1.62 bits per heavy atom. The van der Waals surface area contributed by atoms with Crippen molar-refractivity contribution in [3.8, 4) is 0 Å². The maximum absolute atomic E-state index is 2.33. The van der Waals surface area contributed by atoms with E-state index >= 15 is 0 Å². The van der Waals surface area contributed by atoms with Gasteiger partial charge in [-0.25, -0.2) is 0 Å². The Labute approximate surface area is 55.7 Å². The molecule has 1 nitrogen and oxygen atoms in total. The molecule has 0 N–H and O–H groups in total. The molecule has 0 aliphatic heterocycles. The third kappa shape index (κ3) is 1.97. The number of rotatable bonds is 3. The van der Waals surface area contributed by atoms with Crippen molar-refractivity contribution < 1.29 is 4.48 Å². The number of quaternary nitrogens is 1. The Kier molecular flexibility index (Phi) is 3.32. The van der Waals surface area contributed by atoms with Crippen LogP contribution in [0.3, 0.4) is 0 Å². The highest BCUT2D eigenvalue weighted by Crippen LogP contribution is 1.96. The van der Waals surface area contributed by atoms with Crippen molar-refractivity contribution in [1.82, 2.24) is 0 Å². The minimum absolute atomic E-state index is 1.27. The van der Waals surface area contributed by atoms with Crippen LogP contribution in [0.4, 0.5) is 0 Å². The molecule has 0 fully saturated rings. The summed E-state index contributed by atoms with van der Waals surface area (Å²) >= 11 is 0. The molecule has 0 saturated heterocycles. The molecule has 0 amide bonds. The van der Waals surface area contributed by atoms with E-state index in [1.54, 1.807) is 0 Å². The molecule has 0 bridgehead atoms. The Balaban J connectivity index is 3.58. The average molecular weight is 132 g/mol. The van der Waals surface area contributed by atoms with Crippen molar-refractivity contribution in [2.24, 2.45) is 0 Å². The normalized spacial score (nSPS) is 12.4. The first-order valence-corrected chi connectivity index (χ1v) is 4.93. The zero-order chi connectivity index (χ0) is 6.62. The van der Waals surface area contributed by atoms with Crippen molar-refractivity contribution in [3.63, 3.8) is 0 Å². The SMILES string of the molecule is CC[N+](C)(CC)C[SiH3]. The van der Waals surface area contributed by atoms with Crippen molar-refractivity contribution in [2.45, 2.75) is 13.8 Å². The largest absolute Gasteiger partial charge is 0.331 e. The first-order chi connectivity index (χ1) is 3.68. The van der Waals surface area contributed by atoms with Gasteiger partial charge in [0.1, 0.15) is 0 Å². The van der Waals surface area contributed by atoms with Gasteiger partial charge in [0.05, 0.1) is 36.5 Å². The molecule has 50 valence electrons. The van der Waals surface area contributed by atoms with Crippen LogP contribution in [0.1, 0.15) is 13.8 Å². The van der Waals surface area contributed by atoms with E-state index < -0.39 is 0 Å². The monoisotopic (exact) mass is 132 g/mol. The molecular formula is C6H18NSi+. The number of nitrogens with zero attached hydrogens (tertiary/aromatic N) is 1. The van der Waals surface area contributed by atoms with Crippen molar-refractivity contribution in [1.29, 1.82) is 0 Å². The first kappa shape index (κ1) is 8.18. The molecule has 0 saturated carbocycles. The molecule has 0 atom stereocenters. The lowest BCUT2D eigenvalue weighted by atomic mass is 10.5. The topological polar surface area (TPSA) is 0 Å². The second-order valence-corrected chi connectivity index (χ2v) is 3.20. The minimum Gasteiger partial charge on any atom is -0.331 e. The summed E-state index contributed by atoms with van der Waals surface area (Å²) in [5, 5.41) is 0. The van der Waals surface area contributed by atoms with Gasteiger partial charge in [-0.05, 0) is 13.8 Å². The molecule has 0 aliphatic rings. The van der Waals surface area contributed by atoms with E-state index in [1.807, 2.05) is 0 Å². The van der Waals surface area contributed by atoms with Gasteiger partial charge in [0.15, 0.2) is 0 Å². The van der Waals surface area contributed by atoms with Crippen molar-refractivity contribution >= 4 is 10.2 Å². The van der Waals surface area contributed by atoms with Gasteiger partial charge in [-0.1, -0.05) is 0 Å². The van der Waals surface area contributed by atoms with Gasteiger partial charge in [-0.2, -0.15) is 0 Å². The molecule has 0 aromatic carbocycles. The maximum Gasteiger partial charge on any atom is 0.0752 e. The van der Waals surface area contributed by atoms with Crippen LogP contribution in [0.15, 0.2) is 0 Å². The smallest absolute Gasteiger partial charge is 0.0752 e. The van der Waals surface area contributed by atoms with Crippen LogP contribution in [-0.2, 0) is 0 Å². The van der Waals surface area contributed by atoms with Gasteiger partial charge in [0.2, 0.25) is 0 Å². The second-order valence-electron chi connectivity index (χ2n) is 2.57. The highest BCUT2D eigenvalue weighted by Gasteiger charge is 2.10. The van der Waals surface area contributed by atoms with E-state index in [0.717, 1.165) is 0 Å². The predicted octanol–water partition coefficient (Wildman–Crippen LogP) is -0.204. The van der Waals surface area contributed by atoms with E-state index in [0.29, 0.717) is 0 Å². The summed E-state index contributed by atoms with van der Waals surface area (Å²) in [6.07, 6.45) is 1.40. The Bertz CT molecular complexity index is 51.3. The fourth-order valence-electron chi connectivity index (χ4n) is 0.671. The molecule has 0 spiro atoms. The van der Waals surface area contributed by atoms with Gasteiger partial charge in [0.25, 0.3) is 0 Å². The summed E-state index contributed by atoms with van der Waals surface area (Å²) in [6, 6.07) is 0. The summed E-state index contributed by atoms with van der Waals surface area (Å²) in [7, 11) is 3.66. The Hall–Kier alpha value is 0.177. The zero-order valence-corrected chi connectivity index (χ0v) is 8.57. The fraction of sp³-hybridized carbons (Fsp3) is 1.00. The summed E-state index contributed by atoms with van der Waals surface area (Å²) < 4.78 is 1.27. The van der Waals surface area contributed by atoms with Crippen molar-refractivity contribution in [3.05, 3.63) is 0 Å². The van der Waals surface area contributed by atoms with E-state index in [2.05, 4.69) is 20.9 Å². The Morgan fingerprint density at radius 1 is 1.25 bits per heavy atom. The summed E-state index contributed by atoms with van der Waals surface area (Å²) in [5.41, 5.74) is 0. The number of hydrogen-bond acceptors (Lipinski definition) is 0. The highest BCUT2D eigenvalue weighted by molar-refractivity contribution is 6.08. The summed E-state index contributed by atoms with van der Waals surface area (Å²) in [4.78, 5) is 0. The summed E-state index contributed by atoms with van der Waals surface area (Å²) in [6.45, 7) is 7.11. The average Bonchev–Trinajstić information content (AvgIpc) is 1.87. The van der Waals surface area contributed by atoms with E-state index in [4.69, 9.17) is 0 Å². The lowest BCUT2D eigenvalue weighted by Gasteiger charge is -2.30. The van der Waals surface area contributed by atoms with Crippen LogP contribution in [0.2, 0.25) is 0 Å². The lowest BCUT2D eigenvalue weighted by molar-refractivity contribution is -0.895. The fourth-order valence-corrected chi connectivity index (χ4v) is 1.57. The predicted molar refractivity (Wildman–Crippen MR) is 42.1 cm³/mol. The highest BCUT2D eigenvalue weighted by atomic mass is 28.1. The molecular weight excluding hydrogens is 114 g/mol. The van der Waals surface area contributed by atoms with Gasteiger partial charge < -0.3 is 4.48 Å². The standard InChI is InChI=1S/C6H18NSi/c1-4-7(3,5-2)6-8/h4-6H2,1-3,8H3/q+1. The van der Waals surface area contributed by atoms with Crippen LogP contribution in [-0.4, -0.2) is 41.0 Å². The van der Waals surface area contributed by atoms with E-state index in [-0.39, 0.29) is 0 Å². The van der Waals surface area contributed by atoms with Gasteiger partial charge in [-0.3, -0.25) is 0 Å². The van der Waals surface area contributed by atoms with Gasteiger partial charge in [0, 0.05) is 0 Å². The molecule has 0 aromatic rings. The van der Waals surface area contributed by atoms with Crippen LogP contribution < -0.4 is 0 Å². The quantitative estimate of drug-likeness (QED) is 0.368. The molecule has 0 heterocycles. The second kappa shape index (κ2) is 3.25. The zero-order valence-electron chi connectivity index (χ0n) is 6.57. The molecule has 2 heteroatoms. The first-order valence-electron chi connectivity index (χ1n) is 3.52. The third-order valence-corrected chi connectivity index (χ3v) is 3.82. The van der Waals surface area contributed by atoms with Gasteiger partial charge >= 0.3 is 0 Å². The molecule has 0 unspecified atom stereocenters. The maximum atomic E-state index is 2.33. The minimum atomic E-state index is 1.27. The van der Waals surface area contributed by atoms with Crippen LogP contribution >= 0.6 is 0 Å². The van der Waals surface area contributed by atoms with Crippen molar-refractivity contribution in [2.75, 3.05) is 26.3 Å². The van der Waals surface area contributed by atoms with Gasteiger partial charge in [-0.15, -0.1) is 0 Å². The van der Waals surface area contributed by atoms with Crippen LogP contribution in [0.5, 0.6) is 0 Å². The molecule has 0 rings (SSSR count). The molecule has 0 radical (unpaired) electrons. The number of hydrogen-bond donors (Lipinski definition) is 0. The lowest BCUT2D eigenvalue weighted by Crippen LogP contribution is -2.44. The molecule has 0 aromatic heterocycles. The summed E-state index contributed by atoms with van der Waals surface area (Å²) in [5.74, 6) is 0. The Morgan fingerprint density at radius 2 is 1.62 bits per heavy atom. The van der Waals surface area contributed by atoms with E-state index in [1.165, 1.54) is 34.0 Å².